The van der Waals surface area contributed by atoms with Gasteiger partial charge in [-0.1, -0.05) is 54.6 Å². The summed E-state index contributed by atoms with van der Waals surface area (Å²) >= 11 is 0. The van der Waals surface area contributed by atoms with Crippen LogP contribution < -0.4 is 5.32 Å². The van der Waals surface area contributed by atoms with Gasteiger partial charge in [0.05, 0.1) is 52.5 Å². The fourth-order valence-electron chi connectivity index (χ4n) is 6.30. The molecule has 2 saturated heterocycles. The lowest BCUT2D eigenvalue weighted by Crippen LogP contribution is -2.51. The van der Waals surface area contributed by atoms with Crippen molar-refractivity contribution in [2.45, 2.75) is 82.5 Å². The highest BCUT2D eigenvalue weighted by molar-refractivity contribution is 5.99. The van der Waals surface area contributed by atoms with Crippen molar-refractivity contribution in [1.82, 2.24) is 10.2 Å². The number of ether oxygens (including phenoxy) is 2. The van der Waals surface area contributed by atoms with E-state index in [4.69, 9.17) is 9.47 Å². The number of nitrogens with zero attached hydrogens (tertiary/aromatic N) is 3. The molecule has 0 aliphatic carbocycles. The molecule has 2 N–H and O–H groups in total. The van der Waals surface area contributed by atoms with E-state index in [0.717, 1.165) is 29.3 Å². The van der Waals surface area contributed by atoms with Crippen LogP contribution in [0.5, 0.6) is 0 Å². The number of nitro benzene ring substituents is 2. The molecule has 2 aliphatic rings. The molecule has 254 valence electrons. The van der Waals surface area contributed by atoms with E-state index in [-0.39, 0.29) is 37.0 Å². The second-order valence-electron chi connectivity index (χ2n) is 13.3. The number of hydrogen-bond acceptors (Lipinski definition) is 9. The second-order valence-corrected chi connectivity index (χ2v) is 13.3. The number of benzene rings is 3. The van der Waals surface area contributed by atoms with Gasteiger partial charge in [0.25, 0.3) is 17.3 Å². The number of carbonyl (C=O) groups excluding carboxylic acids is 2. The van der Waals surface area contributed by atoms with Gasteiger partial charge in [0.2, 0.25) is 5.91 Å². The maximum Gasteiger partial charge on any atom is 0.277 e. The van der Waals surface area contributed by atoms with Crippen LogP contribution in [0, 0.1) is 20.2 Å². The second kappa shape index (κ2) is 14.6. The van der Waals surface area contributed by atoms with Gasteiger partial charge in [-0.15, -0.1) is 0 Å². The molecule has 0 bridgehead atoms. The van der Waals surface area contributed by atoms with E-state index < -0.39 is 50.7 Å². The van der Waals surface area contributed by atoms with Crippen LogP contribution in [-0.4, -0.2) is 74.8 Å². The third-order valence-electron chi connectivity index (χ3n) is 8.52. The van der Waals surface area contributed by atoms with Crippen molar-refractivity contribution in [3.63, 3.8) is 0 Å². The van der Waals surface area contributed by atoms with Crippen molar-refractivity contribution in [3.8, 4) is 11.1 Å². The molecular formula is C35H40N4O9. The predicted octanol–water partition coefficient (Wildman–Crippen LogP) is 5.36. The van der Waals surface area contributed by atoms with Gasteiger partial charge in [-0.3, -0.25) is 29.8 Å². The number of nitro groups is 2. The molecule has 0 aromatic heterocycles. The molecular weight excluding hydrogens is 620 g/mol. The molecule has 5 rings (SSSR count). The van der Waals surface area contributed by atoms with E-state index in [2.05, 4.69) is 5.32 Å². The molecule has 48 heavy (non-hydrogen) atoms. The van der Waals surface area contributed by atoms with Crippen molar-refractivity contribution < 1.29 is 34.0 Å². The predicted molar refractivity (Wildman–Crippen MR) is 176 cm³/mol. The summed E-state index contributed by atoms with van der Waals surface area (Å²) in [6, 6.07) is 18.4. The van der Waals surface area contributed by atoms with Crippen LogP contribution >= 0.6 is 0 Å². The minimum absolute atomic E-state index is 0.0787. The summed E-state index contributed by atoms with van der Waals surface area (Å²) < 4.78 is 12.3. The average molecular weight is 661 g/mol. The van der Waals surface area contributed by atoms with Crippen molar-refractivity contribution in [2.24, 2.45) is 0 Å². The minimum atomic E-state index is -1.22. The van der Waals surface area contributed by atoms with Gasteiger partial charge >= 0.3 is 0 Å². The zero-order chi connectivity index (χ0) is 34.6. The third-order valence-corrected chi connectivity index (χ3v) is 8.52. The van der Waals surface area contributed by atoms with Crippen LogP contribution in [0.15, 0.2) is 72.8 Å². The van der Waals surface area contributed by atoms with Gasteiger partial charge < -0.3 is 24.8 Å². The standard InChI is InChI=1S/C35H40N4O9/c1-35(2,3)36-33(41)32(24-11-9-23(10-12-24)22-7-5-4-6-8-22)37(20-28-13-15-30(47-28)31-16-14-29(21-40)48-31)34(42)25-17-26(38(43)44)19-27(18-25)39(45)46/h4-12,17-19,28-32,40H,13-16,20-21H2,1-3H3,(H,36,41)/t28-,29-,30+,31+,32?/m1/s1. The first-order valence-electron chi connectivity index (χ1n) is 16.0. The first-order chi connectivity index (χ1) is 22.8. The first-order valence-corrected chi connectivity index (χ1v) is 16.0. The Kier molecular flexibility index (Phi) is 10.5. The summed E-state index contributed by atoms with van der Waals surface area (Å²) in [4.78, 5) is 51.8. The van der Waals surface area contributed by atoms with Crippen molar-refractivity contribution in [2.75, 3.05) is 13.2 Å². The van der Waals surface area contributed by atoms with Gasteiger partial charge in [-0.2, -0.15) is 0 Å². The summed E-state index contributed by atoms with van der Waals surface area (Å²) in [5.41, 5.74) is 0.0969. The molecule has 2 amide bonds. The highest BCUT2D eigenvalue weighted by Gasteiger charge is 2.41. The number of aliphatic hydroxyl groups excluding tert-OH is 1. The van der Waals surface area contributed by atoms with E-state index in [1.165, 1.54) is 4.90 Å². The topological polar surface area (TPSA) is 174 Å². The number of amides is 2. The van der Waals surface area contributed by atoms with Crippen LogP contribution in [0.4, 0.5) is 11.4 Å². The zero-order valence-electron chi connectivity index (χ0n) is 27.1. The summed E-state index contributed by atoms with van der Waals surface area (Å²) in [5, 5.41) is 35.9. The Morgan fingerprint density at radius 1 is 0.854 bits per heavy atom. The number of rotatable bonds is 11. The molecule has 13 nitrogen and oxygen atoms in total. The maximum absolute atomic E-state index is 14.5. The monoisotopic (exact) mass is 660 g/mol. The number of carbonyl (C=O) groups is 2. The molecule has 0 radical (unpaired) electrons. The van der Waals surface area contributed by atoms with Gasteiger partial charge in [0.15, 0.2) is 0 Å². The average Bonchev–Trinajstić information content (AvgIpc) is 3.74. The lowest BCUT2D eigenvalue weighted by atomic mass is 9.97. The van der Waals surface area contributed by atoms with Crippen LogP contribution in [0.3, 0.4) is 0 Å². The van der Waals surface area contributed by atoms with Gasteiger partial charge in [-0.05, 0) is 63.1 Å². The van der Waals surface area contributed by atoms with Crippen LogP contribution in [0.1, 0.15) is 68.4 Å². The van der Waals surface area contributed by atoms with Crippen LogP contribution in [-0.2, 0) is 14.3 Å². The highest BCUT2D eigenvalue weighted by atomic mass is 16.6. The maximum atomic E-state index is 14.5. The van der Waals surface area contributed by atoms with Crippen molar-refractivity contribution in [3.05, 3.63) is 104 Å². The fourth-order valence-corrected chi connectivity index (χ4v) is 6.30. The normalized spacial score (nSPS) is 21.4. The number of nitrogens with one attached hydrogen (secondary N) is 1. The lowest BCUT2D eigenvalue weighted by molar-refractivity contribution is -0.394. The van der Waals surface area contributed by atoms with E-state index >= 15 is 0 Å². The molecule has 2 heterocycles. The quantitative estimate of drug-likeness (QED) is 0.203. The summed E-state index contributed by atoms with van der Waals surface area (Å²) in [7, 11) is 0. The Hall–Kier alpha value is -4.72. The van der Waals surface area contributed by atoms with Crippen LogP contribution in [0.25, 0.3) is 11.1 Å². The van der Waals surface area contributed by atoms with Crippen molar-refractivity contribution >= 4 is 23.2 Å². The Bertz CT molecular complexity index is 1610. The van der Waals surface area contributed by atoms with Crippen LogP contribution in [0.2, 0.25) is 0 Å². The highest BCUT2D eigenvalue weighted by Crippen LogP contribution is 2.35. The minimum Gasteiger partial charge on any atom is -0.394 e. The Morgan fingerprint density at radius 2 is 1.40 bits per heavy atom. The van der Waals surface area contributed by atoms with E-state index in [1.807, 2.05) is 63.2 Å². The molecule has 3 aromatic rings. The third kappa shape index (κ3) is 8.22. The number of aliphatic hydroxyl groups is 1. The molecule has 5 atom stereocenters. The lowest BCUT2D eigenvalue weighted by Gasteiger charge is -2.35. The summed E-state index contributed by atoms with van der Waals surface area (Å²) in [6.07, 6.45) is 1.29. The Labute approximate surface area is 278 Å². The SMILES string of the molecule is CC(C)(C)NC(=O)C(c1ccc(-c2ccccc2)cc1)N(C[C@H]1CC[C@@H]([C@@H]2CC[C@H](CO)O2)O1)C(=O)c1cc([N+](=O)[O-])cc([N+](=O)[O-])c1. The molecule has 0 saturated carbocycles. The zero-order valence-corrected chi connectivity index (χ0v) is 27.1. The fraction of sp³-hybridized carbons (Fsp3) is 0.429. The number of non-ortho nitro benzene ring substituents is 2. The first kappa shape index (κ1) is 34.6. The largest absolute Gasteiger partial charge is 0.394 e. The number of hydrogen-bond donors (Lipinski definition) is 2. The smallest absolute Gasteiger partial charge is 0.277 e. The summed E-state index contributed by atoms with van der Waals surface area (Å²) in [6.45, 7) is 5.26. The Balaban J connectivity index is 1.55. The van der Waals surface area contributed by atoms with E-state index in [9.17, 15) is 34.9 Å². The van der Waals surface area contributed by atoms with Crippen molar-refractivity contribution in [1.29, 1.82) is 0 Å². The molecule has 0 spiro atoms. The van der Waals surface area contributed by atoms with E-state index in [1.54, 1.807) is 12.1 Å². The molecule has 13 heteroatoms. The molecule has 1 unspecified atom stereocenters. The van der Waals surface area contributed by atoms with Gasteiger partial charge in [0.1, 0.15) is 6.04 Å². The molecule has 2 aliphatic heterocycles. The van der Waals surface area contributed by atoms with Gasteiger partial charge in [0, 0.05) is 24.2 Å². The van der Waals surface area contributed by atoms with Gasteiger partial charge in [-0.25, -0.2) is 0 Å². The Morgan fingerprint density at radius 3 is 1.92 bits per heavy atom. The summed E-state index contributed by atoms with van der Waals surface area (Å²) in [5.74, 6) is -1.30. The molecule has 3 aromatic carbocycles. The van der Waals surface area contributed by atoms with E-state index in [0.29, 0.717) is 31.2 Å². The molecule has 2 fully saturated rings.